The molecule has 1 saturated carbocycles. The summed E-state index contributed by atoms with van der Waals surface area (Å²) >= 11 is 0. The quantitative estimate of drug-likeness (QED) is 0.604. The molecule has 2 unspecified atom stereocenters. The van der Waals surface area contributed by atoms with Gasteiger partial charge in [0, 0.05) is 26.3 Å². The molecule has 1 heterocycles. The molecular formula is C26H33F2N3O4. The Labute approximate surface area is 204 Å². The average molecular weight is 490 g/mol. The molecule has 5 atom stereocenters. The Morgan fingerprint density at radius 1 is 1.31 bits per heavy atom. The fraction of sp³-hybridized carbons (Fsp3) is 0.577. The zero-order valence-corrected chi connectivity index (χ0v) is 20.8. The maximum Gasteiger partial charge on any atom is 0.251 e. The van der Waals surface area contributed by atoms with Gasteiger partial charge in [-0.1, -0.05) is 26.8 Å². The number of hydrogen-bond acceptors (Lipinski definition) is 6. The smallest absolute Gasteiger partial charge is 0.251 e. The number of amides is 1. The van der Waals surface area contributed by atoms with Crippen molar-refractivity contribution < 1.29 is 28.2 Å². The van der Waals surface area contributed by atoms with Gasteiger partial charge in [-0.15, -0.1) is 5.10 Å². The SMILES string of the molecule is CC[C@@H](O[C@@]12CC(C)(C[C@H](O)c3cc(-c4c(F)cccc4F)nnc31)C2C)C(=O)N(C)CCOC. The van der Waals surface area contributed by atoms with Crippen LogP contribution in [0.15, 0.2) is 24.3 Å². The molecular weight excluding hydrogens is 456 g/mol. The standard InChI is InChI=1S/C26H33F2N3O4/c1-6-21(24(33)31(4)10-11-34-5)35-26-14-25(3,15(26)2)13-20(32)16-12-19(29-30-23(16)26)22-17(27)8-7-9-18(22)28/h7-9,12,15,20-21,32H,6,10-11,13-14H2,1-5H3/t15?,20-,21+,25?,26+/m0/s1. The van der Waals surface area contributed by atoms with Gasteiger partial charge in [-0.3, -0.25) is 4.79 Å². The van der Waals surface area contributed by atoms with Crippen LogP contribution in [-0.4, -0.2) is 59.5 Å². The first-order valence-corrected chi connectivity index (χ1v) is 12.0. The second-order valence-electron chi connectivity index (χ2n) is 10.1. The van der Waals surface area contributed by atoms with Crippen molar-refractivity contribution in [2.75, 3.05) is 27.3 Å². The zero-order valence-electron chi connectivity index (χ0n) is 20.8. The topological polar surface area (TPSA) is 84.8 Å². The maximum absolute atomic E-state index is 14.5. The molecule has 0 spiro atoms. The molecule has 1 aromatic heterocycles. The Morgan fingerprint density at radius 3 is 2.60 bits per heavy atom. The molecule has 1 fully saturated rings. The predicted octanol–water partition coefficient (Wildman–Crippen LogP) is 4.00. The molecule has 3 aliphatic carbocycles. The molecule has 0 radical (unpaired) electrons. The minimum absolute atomic E-state index is 0.00729. The van der Waals surface area contributed by atoms with Gasteiger partial charge >= 0.3 is 0 Å². The van der Waals surface area contributed by atoms with Gasteiger partial charge in [0.05, 0.1) is 24.0 Å². The highest BCUT2D eigenvalue weighted by Crippen LogP contribution is 2.66. The summed E-state index contributed by atoms with van der Waals surface area (Å²) in [5.41, 5.74) is -0.624. The Bertz CT molecular complexity index is 1100. The summed E-state index contributed by atoms with van der Waals surface area (Å²) in [6.45, 7) is 6.83. The molecule has 0 saturated heterocycles. The van der Waals surface area contributed by atoms with Crippen molar-refractivity contribution in [2.24, 2.45) is 11.3 Å². The minimum Gasteiger partial charge on any atom is -0.388 e. The number of carbonyl (C=O) groups is 1. The number of ether oxygens (including phenoxy) is 2. The van der Waals surface area contributed by atoms with E-state index in [0.29, 0.717) is 43.7 Å². The van der Waals surface area contributed by atoms with Gasteiger partial charge in [0.1, 0.15) is 29.0 Å². The number of benzene rings is 1. The Kier molecular flexibility index (Phi) is 6.96. The van der Waals surface area contributed by atoms with Crippen LogP contribution in [0, 0.1) is 23.0 Å². The summed E-state index contributed by atoms with van der Waals surface area (Å²) in [7, 11) is 3.29. The fourth-order valence-corrected chi connectivity index (χ4v) is 5.63. The average Bonchev–Trinajstić information content (AvgIpc) is 2.97. The van der Waals surface area contributed by atoms with E-state index in [9.17, 15) is 18.7 Å². The van der Waals surface area contributed by atoms with Gasteiger partial charge in [-0.05, 0) is 48.8 Å². The zero-order chi connectivity index (χ0) is 25.5. The van der Waals surface area contributed by atoms with Gasteiger partial charge < -0.3 is 19.5 Å². The lowest BCUT2D eigenvalue weighted by Crippen LogP contribution is -2.60. The van der Waals surface area contributed by atoms with Crippen LogP contribution in [0.4, 0.5) is 8.78 Å². The molecule has 5 rings (SSSR count). The Balaban J connectivity index is 1.76. The van der Waals surface area contributed by atoms with Crippen molar-refractivity contribution in [3.63, 3.8) is 0 Å². The van der Waals surface area contributed by atoms with E-state index in [1.807, 2.05) is 13.8 Å². The molecule has 1 N–H and O–H groups in total. The maximum atomic E-state index is 14.5. The minimum atomic E-state index is -0.945. The van der Waals surface area contributed by atoms with Crippen LogP contribution in [0.25, 0.3) is 11.3 Å². The lowest BCUT2D eigenvalue weighted by atomic mass is 9.51. The van der Waals surface area contributed by atoms with Crippen LogP contribution < -0.4 is 0 Å². The summed E-state index contributed by atoms with van der Waals surface area (Å²) in [4.78, 5) is 14.7. The van der Waals surface area contributed by atoms with Crippen molar-refractivity contribution in [3.05, 3.63) is 47.2 Å². The first-order valence-electron chi connectivity index (χ1n) is 12.0. The van der Waals surface area contributed by atoms with E-state index in [-0.39, 0.29) is 28.5 Å². The lowest BCUT2D eigenvalue weighted by Gasteiger charge is -2.59. The number of methoxy groups -OCH3 is 1. The van der Waals surface area contributed by atoms with Gasteiger partial charge in [0.15, 0.2) is 0 Å². The van der Waals surface area contributed by atoms with Crippen LogP contribution in [0.5, 0.6) is 0 Å². The number of aliphatic hydroxyl groups is 1. The van der Waals surface area contributed by atoms with E-state index in [1.165, 1.54) is 12.1 Å². The number of likely N-dealkylation sites (N-methyl/N-ethyl adjacent to an activating group) is 1. The first kappa shape index (κ1) is 25.6. The number of nitrogens with zero attached hydrogens (tertiary/aromatic N) is 3. The number of halogens is 2. The third-order valence-corrected chi connectivity index (χ3v) is 7.88. The van der Waals surface area contributed by atoms with Crippen molar-refractivity contribution >= 4 is 5.91 Å². The normalized spacial score (nSPS) is 28.0. The van der Waals surface area contributed by atoms with E-state index in [4.69, 9.17) is 9.47 Å². The third kappa shape index (κ3) is 4.23. The van der Waals surface area contributed by atoms with E-state index in [1.54, 1.807) is 19.1 Å². The van der Waals surface area contributed by atoms with Crippen molar-refractivity contribution in [1.82, 2.24) is 15.1 Å². The highest BCUT2D eigenvalue weighted by molar-refractivity contribution is 5.80. The highest BCUT2D eigenvalue weighted by atomic mass is 19.1. The van der Waals surface area contributed by atoms with Gasteiger partial charge in [-0.25, -0.2) is 8.78 Å². The molecule has 190 valence electrons. The molecule has 9 heteroatoms. The Morgan fingerprint density at radius 2 is 2.00 bits per heavy atom. The largest absolute Gasteiger partial charge is 0.388 e. The molecule has 0 aliphatic heterocycles. The second kappa shape index (κ2) is 9.52. The first-order chi connectivity index (χ1) is 16.6. The predicted molar refractivity (Wildman–Crippen MR) is 125 cm³/mol. The van der Waals surface area contributed by atoms with Crippen molar-refractivity contribution in [2.45, 2.75) is 57.8 Å². The van der Waals surface area contributed by atoms with Crippen LogP contribution in [0.2, 0.25) is 0 Å². The van der Waals surface area contributed by atoms with Gasteiger partial charge in [0.2, 0.25) is 0 Å². The third-order valence-electron chi connectivity index (χ3n) is 7.88. The van der Waals surface area contributed by atoms with Crippen molar-refractivity contribution in [3.8, 4) is 11.3 Å². The van der Waals surface area contributed by atoms with E-state index < -0.39 is 29.4 Å². The Hall–Kier alpha value is -2.49. The summed E-state index contributed by atoms with van der Waals surface area (Å²) in [5.74, 6) is -1.74. The summed E-state index contributed by atoms with van der Waals surface area (Å²) < 4.78 is 40.6. The van der Waals surface area contributed by atoms with Gasteiger partial charge in [0.25, 0.3) is 5.91 Å². The lowest BCUT2D eigenvalue weighted by molar-refractivity contribution is -0.247. The number of hydrogen-bond donors (Lipinski definition) is 1. The summed E-state index contributed by atoms with van der Waals surface area (Å²) in [5, 5.41) is 19.7. The monoisotopic (exact) mass is 489 g/mol. The number of aliphatic hydroxyl groups excluding tert-OH is 1. The van der Waals surface area contributed by atoms with Crippen LogP contribution >= 0.6 is 0 Å². The number of rotatable bonds is 8. The van der Waals surface area contributed by atoms with Crippen LogP contribution in [0.3, 0.4) is 0 Å². The number of fused-ring (bicyclic) bond motifs is 1. The number of carbonyl (C=O) groups excluding carboxylic acids is 1. The molecule has 3 aliphatic rings. The second-order valence-corrected chi connectivity index (χ2v) is 10.1. The van der Waals surface area contributed by atoms with Crippen molar-refractivity contribution in [1.29, 1.82) is 0 Å². The molecule has 2 bridgehead atoms. The molecule has 1 amide bonds. The van der Waals surface area contributed by atoms with E-state index in [0.717, 1.165) is 12.1 Å². The fourth-order valence-electron chi connectivity index (χ4n) is 5.63. The molecule has 1 aromatic carbocycles. The highest BCUT2D eigenvalue weighted by Gasteiger charge is 2.65. The van der Waals surface area contributed by atoms with Crippen LogP contribution in [-0.2, 0) is 19.9 Å². The van der Waals surface area contributed by atoms with E-state index >= 15 is 0 Å². The van der Waals surface area contributed by atoms with Gasteiger partial charge in [-0.2, -0.15) is 5.10 Å². The molecule has 2 aromatic rings. The molecule has 7 nitrogen and oxygen atoms in total. The van der Waals surface area contributed by atoms with E-state index in [2.05, 4.69) is 17.1 Å². The summed E-state index contributed by atoms with van der Waals surface area (Å²) in [6, 6.07) is 5.10. The number of aromatic nitrogens is 2. The molecule has 35 heavy (non-hydrogen) atoms. The van der Waals surface area contributed by atoms with Crippen LogP contribution in [0.1, 0.15) is 57.4 Å². The summed E-state index contributed by atoms with van der Waals surface area (Å²) in [6.07, 6.45) is -0.188.